The summed E-state index contributed by atoms with van der Waals surface area (Å²) in [5.74, 6) is -0.343. The number of nitrogens with zero attached hydrogens (tertiary/aromatic N) is 2. The van der Waals surface area contributed by atoms with Crippen LogP contribution in [0, 0.1) is 30.9 Å². The third-order valence-electron chi connectivity index (χ3n) is 4.04. The molecule has 1 N–H and O–H groups in total. The van der Waals surface area contributed by atoms with Gasteiger partial charge in [-0.2, -0.15) is 0 Å². The average molecular weight is 367 g/mol. The van der Waals surface area contributed by atoms with E-state index in [0.29, 0.717) is 16.3 Å². The Morgan fingerprint density at radius 1 is 1.12 bits per heavy atom. The number of rotatable bonds is 4. The summed E-state index contributed by atoms with van der Waals surface area (Å²) in [6, 6.07) is 10.4. The van der Waals surface area contributed by atoms with Crippen molar-refractivity contribution in [1.29, 1.82) is 0 Å². The van der Waals surface area contributed by atoms with Crippen LogP contribution in [0.5, 0.6) is 0 Å². The second-order valence-corrected chi connectivity index (χ2v) is 6.93. The predicted octanol–water partition coefficient (Wildman–Crippen LogP) is 4.90. The number of nitrogens with one attached hydrogen (secondary N) is 1. The van der Waals surface area contributed by atoms with Gasteiger partial charge >= 0.3 is 0 Å². The van der Waals surface area contributed by atoms with E-state index in [2.05, 4.69) is 16.4 Å². The summed E-state index contributed by atoms with van der Waals surface area (Å²) in [5.41, 5.74) is 4.94. The Hall–Kier alpha value is -3.06. The summed E-state index contributed by atoms with van der Waals surface area (Å²) in [6.07, 6.45) is 0. The number of hydrogen-bond acceptors (Lipinski definition) is 5. The number of nitro benzene ring substituents is 1. The summed E-state index contributed by atoms with van der Waals surface area (Å²) >= 11 is 1.34. The van der Waals surface area contributed by atoms with Crippen molar-refractivity contribution in [3.8, 4) is 11.3 Å². The van der Waals surface area contributed by atoms with Crippen molar-refractivity contribution in [3.63, 3.8) is 0 Å². The first-order valence-electron chi connectivity index (χ1n) is 7.94. The van der Waals surface area contributed by atoms with Crippen molar-refractivity contribution in [1.82, 2.24) is 4.98 Å². The van der Waals surface area contributed by atoms with Crippen LogP contribution in [-0.4, -0.2) is 15.8 Å². The molecule has 3 rings (SSSR count). The summed E-state index contributed by atoms with van der Waals surface area (Å²) in [6.45, 7) is 5.67. The van der Waals surface area contributed by atoms with Crippen molar-refractivity contribution in [2.75, 3.05) is 5.32 Å². The Morgan fingerprint density at radius 3 is 2.54 bits per heavy atom. The largest absolute Gasteiger partial charge is 0.298 e. The van der Waals surface area contributed by atoms with Gasteiger partial charge in [-0.15, -0.1) is 11.3 Å². The third kappa shape index (κ3) is 3.62. The Labute approximate surface area is 154 Å². The number of benzene rings is 2. The molecule has 0 saturated heterocycles. The van der Waals surface area contributed by atoms with Gasteiger partial charge in [0, 0.05) is 28.1 Å². The fraction of sp³-hybridized carbons (Fsp3) is 0.158. The molecule has 0 radical (unpaired) electrons. The van der Waals surface area contributed by atoms with Crippen molar-refractivity contribution in [2.45, 2.75) is 20.8 Å². The molecule has 26 heavy (non-hydrogen) atoms. The highest BCUT2D eigenvalue weighted by molar-refractivity contribution is 7.14. The maximum Gasteiger partial charge on any atom is 0.272 e. The van der Waals surface area contributed by atoms with Gasteiger partial charge in [0.1, 0.15) is 0 Å². The highest BCUT2D eigenvalue weighted by Gasteiger charge is 2.15. The van der Waals surface area contributed by atoms with Crippen LogP contribution in [-0.2, 0) is 0 Å². The molecular weight excluding hydrogens is 350 g/mol. The molecule has 0 saturated carbocycles. The van der Waals surface area contributed by atoms with E-state index in [1.54, 1.807) is 6.92 Å². The minimum absolute atomic E-state index is 0.00655. The quantitative estimate of drug-likeness (QED) is 0.525. The number of nitro groups is 1. The van der Waals surface area contributed by atoms with E-state index in [-0.39, 0.29) is 11.6 Å². The van der Waals surface area contributed by atoms with Crippen molar-refractivity contribution < 1.29 is 9.72 Å². The van der Waals surface area contributed by atoms with Gasteiger partial charge in [0.15, 0.2) is 5.13 Å². The molecule has 7 heteroatoms. The average Bonchev–Trinajstić information content (AvgIpc) is 3.02. The van der Waals surface area contributed by atoms with Crippen molar-refractivity contribution in [2.24, 2.45) is 0 Å². The lowest BCUT2D eigenvalue weighted by Crippen LogP contribution is -2.12. The van der Waals surface area contributed by atoms with Crippen LogP contribution in [0.1, 0.15) is 27.0 Å². The van der Waals surface area contributed by atoms with E-state index >= 15 is 0 Å². The minimum atomic E-state index is -0.464. The number of aromatic nitrogens is 1. The topological polar surface area (TPSA) is 85.1 Å². The van der Waals surface area contributed by atoms with Crippen molar-refractivity contribution in [3.05, 3.63) is 74.1 Å². The number of thiazole rings is 1. The number of carbonyl (C=O) groups is 1. The summed E-state index contributed by atoms with van der Waals surface area (Å²) in [7, 11) is 0. The number of carbonyl (C=O) groups excluding carboxylic acids is 1. The first-order chi connectivity index (χ1) is 12.3. The lowest BCUT2D eigenvalue weighted by Gasteiger charge is -2.05. The number of amides is 1. The molecule has 1 aromatic heterocycles. The van der Waals surface area contributed by atoms with Crippen LogP contribution >= 0.6 is 11.3 Å². The monoisotopic (exact) mass is 367 g/mol. The number of aryl methyl sites for hydroxylation is 3. The molecule has 0 fully saturated rings. The minimum Gasteiger partial charge on any atom is -0.298 e. The van der Waals surface area contributed by atoms with Gasteiger partial charge in [-0.25, -0.2) is 4.98 Å². The van der Waals surface area contributed by atoms with E-state index in [1.807, 2.05) is 31.4 Å². The molecule has 0 aliphatic rings. The number of hydrogen-bond donors (Lipinski definition) is 1. The van der Waals surface area contributed by atoms with Crippen LogP contribution in [0.4, 0.5) is 10.8 Å². The standard InChI is InChI=1S/C19H17N3O3S/c1-11-4-6-15(12(2)8-11)16-10-26-19(20-16)21-18(23)14-5-7-17(22(24)25)13(3)9-14/h4-10H,1-3H3,(H,20,21,23). The van der Waals surface area contributed by atoms with Crippen LogP contribution < -0.4 is 5.32 Å². The molecule has 0 unspecified atom stereocenters. The molecule has 0 spiro atoms. The molecule has 132 valence electrons. The lowest BCUT2D eigenvalue weighted by atomic mass is 10.0. The van der Waals surface area contributed by atoms with Crippen LogP contribution in [0.3, 0.4) is 0 Å². The van der Waals surface area contributed by atoms with E-state index < -0.39 is 4.92 Å². The Morgan fingerprint density at radius 2 is 1.88 bits per heavy atom. The molecule has 3 aromatic rings. The van der Waals surface area contributed by atoms with Gasteiger partial charge in [-0.3, -0.25) is 20.2 Å². The van der Waals surface area contributed by atoms with Crippen LogP contribution in [0.2, 0.25) is 0 Å². The first kappa shape index (κ1) is 17.8. The van der Waals surface area contributed by atoms with Gasteiger partial charge in [0.25, 0.3) is 11.6 Å². The summed E-state index contributed by atoms with van der Waals surface area (Å²) in [5, 5.41) is 16.0. The third-order valence-corrected chi connectivity index (χ3v) is 4.80. The highest BCUT2D eigenvalue weighted by Crippen LogP contribution is 2.28. The SMILES string of the molecule is Cc1ccc(-c2csc(NC(=O)c3ccc([N+](=O)[O-])c(C)c3)n2)c(C)c1. The molecule has 1 heterocycles. The van der Waals surface area contributed by atoms with Gasteiger partial charge in [0.2, 0.25) is 0 Å². The van der Waals surface area contributed by atoms with E-state index in [1.165, 1.54) is 35.1 Å². The normalized spacial score (nSPS) is 10.6. The first-order valence-corrected chi connectivity index (χ1v) is 8.82. The Balaban J connectivity index is 1.80. The van der Waals surface area contributed by atoms with E-state index in [4.69, 9.17) is 0 Å². The van der Waals surface area contributed by atoms with Crippen molar-refractivity contribution >= 4 is 28.1 Å². The van der Waals surface area contributed by atoms with Crippen LogP contribution in [0.15, 0.2) is 41.8 Å². The smallest absolute Gasteiger partial charge is 0.272 e. The summed E-state index contributed by atoms with van der Waals surface area (Å²) in [4.78, 5) is 27.3. The Bertz CT molecular complexity index is 1010. The predicted molar refractivity (Wildman–Crippen MR) is 103 cm³/mol. The van der Waals surface area contributed by atoms with Gasteiger partial charge in [-0.1, -0.05) is 23.8 Å². The fourth-order valence-electron chi connectivity index (χ4n) is 2.73. The lowest BCUT2D eigenvalue weighted by molar-refractivity contribution is -0.385. The second-order valence-electron chi connectivity index (χ2n) is 6.07. The molecule has 0 aliphatic carbocycles. The molecule has 1 amide bonds. The van der Waals surface area contributed by atoms with E-state index in [9.17, 15) is 14.9 Å². The zero-order valence-corrected chi connectivity index (χ0v) is 15.4. The zero-order chi connectivity index (χ0) is 18.8. The van der Waals surface area contributed by atoms with Gasteiger partial charge < -0.3 is 0 Å². The van der Waals surface area contributed by atoms with E-state index in [0.717, 1.165) is 16.8 Å². The second kappa shape index (κ2) is 7.05. The fourth-order valence-corrected chi connectivity index (χ4v) is 3.43. The molecule has 6 nitrogen and oxygen atoms in total. The molecular formula is C19H17N3O3S. The molecule has 0 aliphatic heterocycles. The van der Waals surface area contributed by atoms with Crippen LogP contribution in [0.25, 0.3) is 11.3 Å². The molecule has 2 aromatic carbocycles. The maximum absolute atomic E-state index is 12.4. The van der Waals surface area contributed by atoms with Gasteiger partial charge in [0.05, 0.1) is 10.6 Å². The molecule has 0 bridgehead atoms. The Kier molecular flexibility index (Phi) is 4.81. The zero-order valence-electron chi connectivity index (χ0n) is 14.6. The molecule has 0 atom stereocenters. The van der Waals surface area contributed by atoms with Gasteiger partial charge in [-0.05, 0) is 38.5 Å². The highest BCUT2D eigenvalue weighted by atomic mass is 32.1. The maximum atomic E-state index is 12.4. The number of anilines is 1. The summed E-state index contributed by atoms with van der Waals surface area (Å²) < 4.78 is 0.